The number of nitrogens with zero attached hydrogens (tertiary/aromatic N) is 3. The number of hydrogen-bond acceptors (Lipinski definition) is 3. The molecule has 2 amide bonds. The smallest absolute Gasteiger partial charge is 0.321 e. The highest BCUT2D eigenvalue weighted by Crippen LogP contribution is 2.08. The molecular weight excluding hydrogens is 156 g/mol. The van der Waals surface area contributed by atoms with Gasteiger partial charge in [0.15, 0.2) is 0 Å². The molecule has 5 heteroatoms. The predicted molar refractivity (Wildman–Crippen MR) is 47.1 cm³/mol. The zero-order valence-corrected chi connectivity index (χ0v) is 7.40. The summed E-state index contributed by atoms with van der Waals surface area (Å²) in [6, 6.07) is -0.514. The minimum atomic E-state index is -0.514. The number of urea groups is 1. The van der Waals surface area contributed by atoms with E-state index in [1.165, 1.54) is 4.90 Å². The van der Waals surface area contributed by atoms with Gasteiger partial charge in [0.2, 0.25) is 0 Å². The summed E-state index contributed by atoms with van der Waals surface area (Å²) in [5.74, 6) is 1.28. The molecule has 2 N–H and O–H groups in total. The van der Waals surface area contributed by atoms with Crippen molar-refractivity contribution < 1.29 is 4.79 Å². The Balaban J connectivity index is 2.94. The first-order valence-electron chi connectivity index (χ1n) is 3.70. The van der Waals surface area contributed by atoms with Gasteiger partial charge in [0.25, 0.3) is 0 Å². The lowest BCUT2D eigenvalue weighted by molar-refractivity contribution is 0.220. The molecule has 0 aromatic heterocycles. The number of nitrogens with two attached hydrogens (primary N) is 1. The Hall–Kier alpha value is -1.39. The second-order valence-corrected chi connectivity index (χ2v) is 2.68. The highest BCUT2D eigenvalue weighted by molar-refractivity contribution is 6.03. The molecule has 0 fully saturated rings. The monoisotopic (exact) mass is 168 g/mol. The molecule has 1 rings (SSSR count). The number of aliphatic imine (C=N–C) groups is 2. The number of amidine groups is 2. The van der Waals surface area contributed by atoms with Crippen molar-refractivity contribution in [3.05, 3.63) is 0 Å². The highest BCUT2D eigenvalue weighted by Gasteiger charge is 2.22. The van der Waals surface area contributed by atoms with Crippen LogP contribution < -0.4 is 5.73 Å². The third-order valence-electron chi connectivity index (χ3n) is 1.66. The number of amides is 2. The molecule has 66 valence electrons. The second-order valence-electron chi connectivity index (χ2n) is 2.68. The maximum absolute atomic E-state index is 10.9. The van der Waals surface area contributed by atoms with Crippen molar-refractivity contribution in [3.8, 4) is 0 Å². The quantitative estimate of drug-likeness (QED) is 0.564. The highest BCUT2D eigenvalue weighted by atomic mass is 16.2. The number of hydrogen-bond donors (Lipinski definition) is 1. The topological polar surface area (TPSA) is 71.0 Å². The number of primary amides is 1. The fourth-order valence-electron chi connectivity index (χ4n) is 1.26. The molecule has 0 radical (unpaired) electrons. The lowest BCUT2D eigenvalue weighted by Gasteiger charge is -2.27. The van der Waals surface area contributed by atoms with Gasteiger partial charge in [-0.15, -0.1) is 0 Å². The van der Waals surface area contributed by atoms with Gasteiger partial charge in [-0.05, 0) is 20.8 Å². The van der Waals surface area contributed by atoms with Crippen molar-refractivity contribution in [1.29, 1.82) is 0 Å². The van der Waals surface area contributed by atoms with Crippen LogP contribution >= 0.6 is 0 Å². The van der Waals surface area contributed by atoms with Crippen LogP contribution in [-0.2, 0) is 0 Å². The van der Waals surface area contributed by atoms with Crippen molar-refractivity contribution in [2.45, 2.75) is 26.9 Å². The standard InChI is InChI=1S/C7H12N4O/c1-4-9-5(2)11(7(8)12)6(3)10-4/h5H,1-3H3,(H2,8,12). The number of carbonyl (C=O) groups excluding carboxylic acids is 1. The van der Waals surface area contributed by atoms with Crippen molar-refractivity contribution >= 4 is 17.7 Å². The average molecular weight is 168 g/mol. The fraction of sp³-hybridized carbons (Fsp3) is 0.571. The average Bonchev–Trinajstić information content (AvgIpc) is 1.82. The number of rotatable bonds is 0. The van der Waals surface area contributed by atoms with Crippen molar-refractivity contribution in [2.24, 2.45) is 15.7 Å². The van der Waals surface area contributed by atoms with Crippen LogP contribution in [0, 0.1) is 0 Å². The third-order valence-corrected chi connectivity index (χ3v) is 1.66. The maximum atomic E-state index is 10.9. The molecular formula is C7H12N4O. The molecule has 0 spiro atoms. The molecule has 1 aliphatic heterocycles. The Labute approximate surface area is 71.0 Å². The molecule has 0 aromatic rings. The van der Waals surface area contributed by atoms with Gasteiger partial charge in [-0.1, -0.05) is 0 Å². The summed E-state index contributed by atoms with van der Waals surface area (Å²) < 4.78 is 0. The summed E-state index contributed by atoms with van der Waals surface area (Å²) in [5.41, 5.74) is 5.13. The van der Waals surface area contributed by atoms with Crippen molar-refractivity contribution in [1.82, 2.24) is 4.90 Å². The Kier molecular flexibility index (Phi) is 2.12. The van der Waals surface area contributed by atoms with Crippen molar-refractivity contribution in [3.63, 3.8) is 0 Å². The first-order chi connectivity index (χ1) is 5.52. The molecule has 0 saturated heterocycles. The summed E-state index contributed by atoms with van der Waals surface area (Å²) in [6.07, 6.45) is -0.236. The van der Waals surface area contributed by atoms with Crippen LogP contribution in [-0.4, -0.2) is 28.8 Å². The van der Waals surface area contributed by atoms with Crippen LogP contribution in [0.2, 0.25) is 0 Å². The lowest BCUT2D eigenvalue weighted by Crippen LogP contribution is -2.46. The van der Waals surface area contributed by atoms with Gasteiger partial charge in [-0.2, -0.15) is 0 Å². The molecule has 12 heavy (non-hydrogen) atoms. The first-order valence-corrected chi connectivity index (χ1v) is 3.70. The van der Waals surface area contributed by atoms with Crippen LogP contribution in [0.5, 0.6) is 0 Å². The third kappa shape index (κ3) is 1.44. The normalized spacial score (nSPS) is 23.2. The zero-order chi connectivity index (χ0) is 9.30. The van der Waals surface area contributed by atoms with Gasteiger partial charge in [0.05, 0.1) is 0 Å². The largest absolute Gasteiger partial charge is 0.351 e. The molecule has 0 aliphatic carbocycles. The molecule has 0 bridgehead atoms. The molecule has 5 nitrogen and oxygen atoms in total. The van der Waals surface area contributed by atoms with Gasteiger partial charge < -0.3 is 5.73 Å². The summed E-state index contributed by atoms with van der Waals surface area (Å²) in [4.78, 5) is 20.4. The summed E-state index contributed by atoms with van der Waals surface area (Å²) >= 11 is 0. The Bertz CT molecular complexity index is 269. The minimum Gasteiger partial charge on any atom is -0.351 e. The van der Waals surface area contributed by atoms with Crippen LogP contribution in [0.25, 0.3) is 0 Å². The van der Waals surface area contributed by atoms with E-state index in [4.69, 9.17) is 5.73 Å². The van der Waals surface area contributed by atoms with Gasteiger partial charge >= 0.3 is 6.03 Å². The van der Waals surface area contributed by atoms with E-state index in [-0.39, 0.29) is 6.17 Å². The van der Waals surface area contributed by atoms with E-state index < -0.39 is 6.03 Å². The van der Waals surface area contributed by atoms with Gasteiger partial charge in [-0.3, -0.25) is 4.90 Å². The summed E-state index contributed by atoms with van der Waals surface area (Å²) in [6.45, 7) is 5.32. The van der Waals surface area contributed by atoms with Crippen LogP contribution in [0.1, 0.15) is 20.8 Å². The van der Waals surface area contributed by atoms with Gasteiger partial charge in [0.1, 0.15) is 17.8 Å². The maximum Gasteiger partial charge on any atom is 0.321 e. The molecule has 0 saturated carbocycles. The Morgan fingerprint density at radius 3 is 2.58 bits per heavy atom. The summed E-state index contributed by atoms with van der Waals surface area (Å²) in [7, 11) is 0. The van der Waals surface area contributed by atoms with Crippen LogP contribution in [0.3, 0.4) is 0 Å². The Morgan fingerprint density at radius 2 is 2.17 bits per heavy atom. The molecule has 1 heterocycles. The second kappa shape index (κ2) is 2.92. The summed E-state index contributed by atoms with van der Waals surface area (Å²) in [5, 5.41) is 0. The molecule has 1 unspecified atom stereocenters. The van der Waals surface area contributed by atoms with Gasteiger partial charge in [-0.25, -0.2) is 14.8 Å². The number of carbonyl (C=O) groups is 1. The van der Waals surface area contributed by atoms with E-state index in [0.717, 1.165) is 0 Å². The Morgan fingerprint density at radius 1 is 1.58 bits per heavy atom. The molecule has 1 atom stereocenters. The van der Waals surface area contributed by atoms with E-state index in [1.54, 1.807) is 20.8 Å². The van der Waals surface area contributed by atoms with Crippen LogP contribution in [0.15, 0.2) is 9.98 Å². The van der Waals surface area contributed by atoms with E-state index >= 15 is 0 Å². The SMILES string of the molecule is CC1=NC(C)N(C(N)=O)C(C)=N1. The molecule has 0 aromatic carbocycles. The van der Waals surface area contributed by atoms with Crippen molar-refractivity contribution in [2.75, 3.05) is 0 Å². The predicted octanol–water partition coefficient (Wildman–Crippen LogP) is 0.564. The van der Waals surface area contributed by atoms with E-state index in [0.29, 0.717) is 11.7 Å². The fourth-order valence-corrected chi connectivity index (χ4v) is 1.26. The first kappa shape index (κ1) is 8.70. The van der Waals surface area contributed by atoms with Crippen LogP contribution in [0.4, 0.5) is 4.79 Å². The van der Waals surface area contributed by atoms with E-state index in [1.807, 2.05) is 0 Å². The zero-order valence-electron chi connectivity index (χ0n) is 7.40. The molecule has 1 aliphatic rings. The van der Waals surface area contributed by atoms with E-state index in [2.05, 4.69) is 9.98 Å². The minimum absolute atomic E-state index is 0.236. The van der Waals surface area contributed by atoms with E-state index in [9.17, 15) is 4.79 Å². The lowest BCUT2D eigenvalue weighted by atomic mass is 10.4. The van der Waals surface area contributed by atoms with Gasteiger partial charge in [0, 0.05) is 0 Å².